The van der Waals surface area contributed by atoms with Crippen LogP contribution in [0.15, 0.2) is 60.9 Å². The highest BCUT2D eigenvalue weighted by molar-refractivity contribution is 5.72. The fourth-order valence-corrected chi connectivity index (χ4v) is 5.82. The van der Waals surface area contributed by atoms with Crippen LogP contribution in [-0.2, 0) is 18.6 Å². The number of aryl methyl sites for hydroxylation is 2. The first-order valence-electron chi connectivity index (χ1n) is 12.1. The topological polar surface area (TPSA) is 29.7 Å². The van der Waals surface area contributed by atoms with E-state index in [4.69, 9.17) is 0 Å². The number of nitrogens with zero attached hydrogens (tertiary/aromatic N) is 3. The van der Waals surface area contributed by atoms with Crippen molar-refractivity contribution in [2.24, 2.45) is 7.05 Å². The molecule has 2 atom stereocenters. The van der Waals surface area contributed by atoms with Crippen LogP contribution in [0.1, 0.15) is 83.1 Å². The standard InChI is InChI=1S/C30H27F3N3/c1-16-12-21-22(14-20(16)24-13-17(29(2,3)4)10-11-36(24)5)25-18-8-6-7-9-19(18)26(21)27-23(25)15-34-28(35-27)30(31,32)33/h6-15,25-26H,1-5H3/q+1. The van der Waals surface area contributed by atoms with Crippen LogP contribution in [0.25, 0.3) is 11.3 Å². The molecule has 3 aliphatic carbocycles. The fourth-order valence-electron chi connectivity index (χ4n) is 5.82. The van der Waals surface area contributed by atoms with E-state index in [1.165, 1.54) is 11.8 Å². The maximum Gasteiger partial charge on any atom is 0.451 e. The first-order chi connectivity index (χ1) is 16.9. The Hall–Kier alpha value is -3.54. The second kappa shape index (κ2) is 7.48. The van der Waals surface area contributed by atoms with Gasteiger partial charge in [-0.15, -0.1) is 0 Å². The number of rotatable bonds is 1. The molecule has 0 fully saturated rings. The van der Waals surface area contributed by atoms with Gasteiger partial charge in [-0.3, -0.25) is 0 Å². The van der Waals surface area contributed by atoms with Gasteiger partial charge in [0.15, 0.2) is 6.20 Å². The Morgan fingerprint density at radius 3 is 2.17 bits per heavy atom. The van der Waals surface area contributed by atoms with Crippen LogP contribution < -0.4 is 4.57 Å². The zero-order valence-corrected chi connectivity index (χ0v) is 20.9. The van der Waals surface area contributed by atoms with Gasteiger partial charge in [0, 0.05) is 35.4 Å². The lowest BCUT2D eigenvalue weighted by atomic mass is 9.62. The Morgan fingerprint density at radius 2 is 1.50 bits per heavy atom. The molecule has 2 aromatic carbocycles. The molecule has 2 aromatic heterocycles. The molecule has 3 nitrogen and oxygen atoms in total. The van der Waals surface area contributed by atoms with E-state index in [9.17, 15) is 13.2 Å². The van der Waals surface area contributed by atoms with E-state index in [2.05, 4.69) is 78.8 Å². The van der Waals surface area contributed by atoms with Crippen molar-refractivity contribution in [3.05, 3.63) is 111 Å². The predicted octanol–water partition coefficient (Wildman–Crippen LogP) is 6.58. The molecule has 4 aromatic rings. The lowest BCUT2D eigenvalue weighted by molar-refractivity contribution is -0.660. The maximum atomic E-state index is 13.5. The largest absolute Gasteiger partial charge is 0.451 e. The predicted molar refractivity (Wildman–Crippen MR) is 132 cm³/mol. The lowest BCUT2D eigenvalue weighted by Crippen LogP contribution is -2.33. The molecule has 0 aliphatic heterocycles. The summed E-state index contributed by atoms with van der Waals surface area (Å²) in [6, 6.07) is 16.8. The molecule has 182 valence electrons. The third-order valence-corrected chi connectivity index (χ3v) is 7.65. The van der Waals surface area contributed by atoms with Crippen molar-refractivity contribution in [1.82, 2.24) is 9.97 Å². The van der Waals surface area contributed by atoms with Crippen LogP contribution in [0, 0.1) is 6.92 Å². The van der Waals surface area contributed by atoms with Crippen LogP contribution in [0.5, 0.6) is 0 Å². The second-order valence-corrected chi connectivity index (χ2v) is 11.0. The Labute approximate surface area is 208 Å². The molecule has 0 saturated carbocycles. The number of aromatic nitrogens is 3. The van der Waals surface area contributed by atoms with E-state index in [-0.39, 0.29) is 17.3 Å². The summed E-state index contributed by atoms with van der Waals surface area (Å²) >= 11 is 0. The monoisotopic (exact) mass is 486 g/mol. The van der Waals surface area contributed by atoms with Gasteiger partial charge < -0.3 is 0 Å². The van der Waals surface area contributed by atoms with Gasteiger partial charge in [-0.1, -0.05) is 51.1 Å². The Balaban J connectivity index is 1.59. The van der Waals surface area contributed by atoms with Crippen molar-refractivity contribution >= 4 is 0 Å². The van der Waals surface area contributed by atoms with E-state index in [0.29, 0.717) is 5.69 Å². The third-order valence-electron chi connectivity index (χ3n) is 7.65. The van der Waals surface area contributed by atoms with Crippen molar-refractivity contribution < 1.29 is 17.7 Å². The van der Waals surface area contributed by atoms with E-state index in [1.807, 2.05) is 25.2 Å². The molecular weight excluding hydrogens is 459 g/mol. The van der Waals surface area contributed by atoms with E-state index in [0.717, 1.165) is 44.6 Å². The zero-order chi connectivity index (χ0) is 25.6. The highest BCUT2D eigenvalue weighted by Crippen LogP contribution is 2.56. The molecule has 6 heteroatoms. The van der Waals surface area contributed by atoms with Gasteiger partial charge in [-0.25, -0.2) is 14.5 Å². The number of hydrogen-bond donors (Lipinski definition) is 0. The van der Waals surface area contributed by atoms with Crippen LogP contribution in [0.4, 0.5) is 13.2 Å². The number of pyridine rings is 1. The summed E-state index contributed by atoms with van der Waals surface area (Å²) in [6.45, 7) is 8.69. The van der Waals surface area contributed by atoms with E-state index < -0.39 is 12.0 Å². The maximum absolute atomic E-state index is 13.5. The Bertz CT molecular complexity index is 1550. The van der Waals surface area contributed by atoms with Gasteiger partial charge in [0.2, 0.25) is 11.5 Å². The number of hydrogen-bond acceptors (Lipinski definition) is 2. The molecule has 0 amide bonds. The number of benzene rings is 2. The first-order valence-corrected chi connectivity index (χ1v) is 12.1. The summed E-state index contributed by atoms with van der Waals surface area (Å²) in [4.78, 5) is 7.83. The normalized spacial score (nSPS) is 18.0. The van der Waals surface area contributed by atoms with Crippen LogP contribution >= 0.6 is 0 Å². The molecule has 2 bridgehead atoms. The van der Waals surface area contributed by atoms with Gasteiger partial charge in [0.05, 0.1) is 11.6 Å². The molecule has 0 spiro atoms. The van der Waals surface area contributed by atoms with Crippen LogP contribution in [0.2, 0.25) is 0 Å². The van der Waals surface area contributed by atoms with E-state index in [1.54, 1.807) is 0 Å². The average Bonchev–Trinajstić information content (AvgIpc) is 2.82. The van der Waals surface area contributed by atoms with Crippen molar-refractivity contribution in [1.29, 1.82) is 0 Å². The summed E-state index contributed by atoms with van der Waals surface area (Å²) in [5.74, 6) is -1.62. The summed E-state index contributed by atoms with van der Waals surface area (Å²) in [7, 11) is 2.05. The fraction of sp³-hybridized carbons (Fsp3) is 0.300. The third kappa shape index (κ3) is 3.30. The van der Waals surface area contributed by atoms with Crippen molar-refractivity contribution in [2.45, 2.75) is 51.1 Å². The number of halogens is 3. The number of alkyl halides is 3. The minimum absolute atomic E-state index is 0.00952. The molecule has 0 N–H and O–H groups in total. The molecule has 3 aliphatic rings. The van der Waals surface area contributed by atoms with Crippen molar-refractivity contribution in [3.63, 3.8) is 0 Å². The first kappa shape index (κ1) is 22.9. The highest BCUT2D eigenvalue weighted by atomic mass is 19.4. The molecule has 7 rings (SSSR count). The molecule has 2 heterocycles. The van der Waals surface area contributed by atoms with Gasteiger partial charge in [0.25, 0.3) is 0 Å². The SMILES string of the molecule is Cc1cc2c(cc1-c1cc(C(C)(C)C)cc[n+]1C)C1c3ccccc3C2c2nc(C(F)(F)F)ncc21. The summed E-state index contributed by atoms with van der Waals surface area (Å²) < 4.78 is 42.7. The average molecular weight is 487 g/mol. The van der Waals surface area contributed by atoms with Gasteiger partial charge in [-0.05, 0) is 51.8 Å². The van der Waals surface area contributed by atoms with Crippen molar-refractivity contribution in [2.75, 3.05) is 0 Å². The van der Waals surface area contributed by atoms with Crippen LogP contribution in [-0.4, -0.2) is 9.97 Å². The molecule has 2 unspecified atom stereocenters. The Kier molecular flexibility index (Phi) is 4.76. The minimum atomic E-state index is -4.58. The molecular formula is C30H27F3N3+. The van der Waals surface area contributed by atoms with Gasteiger partial charge in [-0.2, -0.15) is 13.2 Å². The second-order valence-electron chi connectivity index (χ2n) is 11.0. The summed E-state index contributed by atoms with van der Waals surface area (Å²) in [5.41, 5.74) is 10.1. The molecule has 36 heavy (non-hydrogen) atoms. The quantitative estimate of drug-likeness (QED) is 0.246. The highest BCUT2D eigenvalue weighted by Gasteiger charge is 2.45. The smallest absolute Gasteiger partial charge is 0.233 e. The molecule has 0 saturated heterocycles. The summed E-state index contributed by atoms with van der Waals surface area (Å²) in [5, 5.41) is 0. The minimum Gasteiger partial charge on any atom is -0.233 e. The van der Waals surface area contributed by atoms with Gasteiger partial charge >= 0.3 is 6.18 Å². The van der Waals surface area contributed by atoms with Crippen molar-refractivity contribution in [3.8, 4) is 11.3 Å². The van der Waals surface area contributed by atoms with E-state index >= 15 is 0 Å². The van der Waals surface area contributed by atoms with Crippen LogP contribution in [0.3, 0.4) is 0 Å². The lowest BCUT2D eigenvalue weighted by Gasteiger charge is -2.41. The summed E-state index contributed by atoms with van der Waals surface area (Å²) in [6.07, 6.45) is -1.10. The van der Waals surface area contributed by atoms with Gasteiger partial charge in [0.1, 0.15) is 7.05 Å². The zero-order valence-electron chi connectivity index (χ0n) is 20.9. The Morgan fingerprint density at radius 1 is 0.833 bits per heavy atom. The molecule has 0 radical (unpaired) electrons.